The van der Waals surface area contributed by atoms with Crippen LogP contribution in [-0.2, 0) is 4.79 Å². The highest BCUT2D eigenvalue weighted by molar-refractivity contribution is 5.97. The molecule has 1 amide bonds. The van der Waals surface area contributed by atoms with E-state index in [4.69, 9.17) is 5.73 Å². The molecule has 0 unspecified atom stereocenters. The average molecular weight is 264 g/mol. The van der Waals surface area contributed by atoms with E-state index in [0.29, 0.717) is 25.1 Å². The number of carbonyl (C=O) groups is 1. The molecular formula is C15H24N2O2. The number of phenolic OH excluding ortho intramolecular Hbond substituents is 1. The van der Waals surface area contributed by atoms with E-state index in [1.165, 1.54) is 0 Å². The Labute approximate surface area is 115 Å². The van der Waals surface area contributed by atoms with E-state index < -0.39 is 5.41 Å². The van der Waals surface area contributed by atoms with Crippen LogP contribution in [0.2, 0.25) is 0 Å². The lowest BCUT2D eigenvalue weighted by molar-refractivity contribution is -0.125. The molecule has 0 fully saturated rings. The lowest BCUT2D eigenvalue weighted by Gasteiger charge is -2.28. The van der Waals surface area contributed by atoms with Crippen molar-refractivity contribution < 1.29 is 9.90 Å². The topological polar surface area (TPSA) is 75.4 Å². The maximum Gasteiger partial charge on any atom is 0.231 e. The third kappa shape index (κ3) is 3.07. The first kappa shape index (κ1) is 15.5. The van der Waals surface area contributed by atoms with E-state index in [1.807, 2.05) is 33.8 Å². The molecule has 0 aromatic heterocycles. The van der Waals surface area contributed by atoms with Gasteiger partial charge in [-0.05, 0) is 43.9 Å². The van der Waals surface area contributed by atoms with Gasteiger partial charge < -0.3 is 16.2 Å². The van der Waals surface area contributed by atoms with Crippen LogP contribution in [0.15, 0.2) is 12.1 Å². The fraction of sp³-hybridized carbons (Fsp3) is 0.533. The van der Waals surface area contributed by atoms with Gasteiger partial charge in [-0.1, -0.05) is 19.9 Å². The highest BCUT2D eigenvalue weighted by Gasteiger charge is 2.33. The summed E-state index contributed by atoms with van der Waals surface area (Å²) in [7, 11) is 0. The van der Waals surface area contributed by atoms with Gasteiger partial charge in [0, 0.05) is 6.54 Å². The van der Waals surface area contributed by atoms with E-state index in [-0.39, 0.29) is 11.7 Å². The van der Waals surface area contributed by atoms with Crippen LogP contribution >= 0.6 is 0 Å². The predicted octanol–water partition coefficient (Wildman–Crippen LogP) is 2.71. The lowest BCUT2D eigenvalue weighted by atomic mass is 9.81. The number of hydrogen-bond donors (Lipinski definition) is 3. The van der Waals surface area contributed by atoms with Crippen molar-refractivity contribution in [3.05, 3.63) is 23.3 Å². The van der Waals surface area contributed by atoms with Crippen molar-refractivity contribution in [2.75, 3.05) is 11.9 Å². The molecule has 4 heteroatoms. The molecular weight excluding hydrogens is 240 g/mol. The summed E-state index contributed by atoms with van der Waals surface area (Å²) >= 11 is 0. The minimum Gasteiger partial charge on any atom is -0.505 e. The third-order valence-corrected chi connectivity index (χ3v) is 3.92. The molecule has 0 atom stereocenters. The van der Waals surface area contributed by atoms with Crippen molar-refractivity contribution >= 4 is 11.6 Å². The summed E-state index contributed by atoms with van der Waals surface area (Å²) < 4.78 is 0. The van der Waals surface area contributed by atoms with Crippen molar-refractivity contribution in [3.63, 3.8) is 0 Å². The first-order valence-electron chi connectivity index (χ1n) is 6.72. The molecule has 1 aromatic rings. The summed E-state index contributed by atoms with van der Waals surface area (Å²) in [6.45, 7) is 7.96. The first-order valence-corrected chi connectivity index (χ1v) is 6.72. The van der Waals surface area contributed by atoms with Gasteiger partial charge in [-0.2, -0.15) is 0 Å². The summed E-state index contributed by atoms with van der Waals surface area (Å²) in [5.74, 6) is -0.00243. The number of anilines is 1. The number of nitrogens with one attached hydrogen (secondary N) is 1. The Balaban J connectivity index is 3.06. The molecule has 0 aliphatic rings. The molecule has 0 saturated heterocycles. The van der Waals surface area contributed by atoms with Crippen LogP contribution in [0.5, 0.6) is 5.75 Å². The van der Waals surface area contributed by atoms with E-state index in [2.05, 4.69) is 5.32 Å². The van der Waals surface area contributed by atoms with Gasteiger partial charge in [0.05, 0.1) is 11.1 Å². The van der Waals surface area contributed by atoms with Crippen molar-refractivity contribution in [2.45, 2.75) is 40.5 Å². The second kappa shape index (κ2) is 6.06. The van der Waals surface area contributed by atoms with Crippen LogP contribution in [-0.4, -0.2) is 17.6 Å². The van der Waals surface area contributed by atoms with Gasteiger partial charge in [0.15, 0.2) is 0 Å². The molecule has 0 spiro atoms. The number of rotatable bonds is 5. The second-order valence-electron chi connectivity index (χ2n) is 5.12. The smallest absolute Gasteiger partial charge is 0.231 e. The van der Waals surface area contributed by atoms with Crippen molar-refractivity contribution in [1.82, 2.24) is 0 Å². The average Bonchev–Trinajstić information content (AvgIpc) is 2.38. The molecule has 4 N–H and O–H groups in total. The Hall–Kier alpha value is -1.55. The SMILES string of the molecule is CCC(CC)(CN)C(=O)Nc1cc(C)cc(C)c1O. The van der Waals surface area contributed by atoms with Crippen LogP contribution in [0.1, 0.15) is 37.8 Å². The van der Waals surface area contributed by atoms with E-state index in [0.717, 1.165) is 11.1 Å². The van der Waals surface area contributed by atoms with Gasteiger partial charge in [0.1, 0.15) is 5.75 Å². The van der Waals surface area contributed by atoms with Crippen LogP contribution in [0.4, 0.5) is 5.69 Å². The molecule has 0 aliphatic carbocycles. The van der Waals surface area contributed by atoms with Crippen LogP contribution in [0.25, 0.3) is 0 Å². The van der Waals surface area contributed by atoms with Crippen molar-refractivity contribution in [1.29, 1.82) is 0 Å². The Morgan fingerprint density at radius 2 is 1.89 bits per heavy atom. The normalized spacial score (nSPS) is 11.4. The zero-order valence-corrected chi connectivity index (χ0v) is 12.2. The van der Waals surface area contributed by atoms with E-state index in [1.54, 1.807) is 6.07 Å². The minimum atomic E-state index is -0.565. The Morgan fingerprint density at radius 1 is 1.32 bits per heavy atom. The molecule has 0 saturated carbocycles. The molecule has 1 aromatic carbocycles. The zero-order valence-electron chi connectivity index (χ0n) is 12.2. The molecule has 0 radical (unpaired) electrons. The second-order valence-corrected chi connectivity index (χ2v) is 5.12. The summed E-state index contributed by atoms with van der Waals surface area (Å²) in [4.78, 5) is 12.4. The van der Waals surface area contributed by atoms with Gasteiger partial charge in [-0.25, -0.2) is 0 Å². The Kier molecular flexibility index (Phi) is 4.95. The Morgan fingerprint density at radius 3 is 2.37 bits per heavy atom. The van der Waals surface area contributed by atoms with E-state index in [9.17, 15) is 9.90 Å². The molecule has 4 nitrogen and oxygen atoms in total. The summed E-state index contributed by atoms with van der Waals surface area (Å²) in [6, 6.07) is 3.65. The number of nitrogens with two attached hydrogens (primary N) is 1. The summed E-state index contributed by atoms with van der Waals surface area (Å²) in [5.41, 5.74) is 7.40. The molecule has 0 bridgehead atoms. The number of phenols is 1. The monoisotopic (exact) mass is 264 g/mol. The number of carbonyl (C=O) groups excluding carboxylic acids is 1. The van der Waals surface area contributed by atoms with Gasteiger partial charge in [-0.3, -0.25) is 4.79 Å². The number of hydrogen-bond acceptors (Lipinski definition) is 3. The Bertz CT molecular complexity index is 457. The maximum absolute atomic E-state index is 12.4. The number of aryl methyl sites for hydroxylation is 2. The zero-order chi connectivity index (χ0) is 14.6. The lowest BCUT2D eigenvalue weighted by Crippen LogP contribution is -2.41. The highest BCUT2D eigenvalue weighted by atomic mass is 16.3. The van der Waals surface area contributed by atoms with Gasteiger partial charge >= 0.3 is 0 Å². The van der Waals surface area contributed by atoms with Crippen molar-refractivity contribution in [2.24, 2.45) is 11.1 Å². The quantitative estimate of drug-likeness (QED) is 0.716. The van der Waals surface area contributed by atoms with E-state index >= 15 is 0 Å². The maximum atomic E-state index is 12.4. The predicted molar refractivity (Wildman–Crippen MR) is 78.3 cm³/mol. The largest absolute Gasteiger partial charge is 0.505 e. The first-order chi connectivity index (χ1) is 8.90. The van der Waals surface area contributed by atoms with Gasteiger partial charge in [0.2, 0.25) is 5.91 Å². The molecule has 1 rings (SSSR count). The standard InChI is InChI=1S/C15H24N2O2/c1-5-15(6-2,9-16)14(19)17-12-8-10(3)7-11(4)13(12)18/h7-8,18H,5-6,9,16H2,1-4H3,(H,17,19). The number of amides is 1. The highest BCUT2D eigenvalue weighted by Crippen LogP contribution is 2.32. The molecule has 106 valence electrons. The van der Waals surface area contributed by atoms with Crippen LogP contribution in [0, 0.1) is 19.3 Å². The van der Waals surface area contributed by atoms with Crippen molar-refractivity contribution in [3.8, 4) is 5.75 Å². The molecule has 0 heterocycles. The number of aromatic hydroxyl groups is 1. The van der Waals surface area contributed by atoms with Gasteiger partial charge in [-0.15, -0.1) is 0 Å². The fourth-order valence-electron chi connectivity index (χ4n) is 2.26. The summed E-state index contributed by atoms with van der Waals surface area (Å²) in [5, 5.41) is 12.8. The summed E-state index contributed by atoms with van der Waals surface area (Å²) in [6.07, 6.45) is 1.36. The minimum absolute atomic E-state index is 0.122. The molecule has 0 aliphatic heterocycles. The third-order valence-electron chi connectivity index (χ3n) is 3.92. The fourth-order valence-corrected chi connectivity index (χ4v) is 2.26. The van der Waals surface area contributed by atoms with Crippen LogP contribution in [0.3, 0.4) is 0 Å². The number of benzene rings is 1. The molecule has 19 heavy (non-hydrogen) atoms. The van der Waals surface area contributed by atoms with Crippen LogP contribution < -0.4 is 11.1 Å². The van der Waals surface area contributed by atoms with Gasteiger partial charge in [0.25, 0.3) is 0 Å².